The Bertz CT molecular complexity index is 383. The first-order valence-corrected chi connectivity index (χ1v) is 6.33. The first-order valence-electron chi connectivity index (χ1n) is 6.33. The Hall–Kier alpha value is -1.46. The molecule has 0 radical (unpaired) electrons. The van der Waals surface area contributed by atoms with Gasteiger partial charge in [-0.3, -0.25) is 0 Å². The van der Waals surface area contributed by atoms with Crippen LogP contribution in [-0.2, 0) is 0 Å². The summed E-state index contributed by atoms with van der Waals surface area (Å²) in [5.74, 6) is 2.11. The van der Waals surface area contributed by atoms with E-state index in [0.29, 0.717) is 29.8 Å². The first-order chi connectivity index (χ1) is 9.07. The van der Waals surface area contributed by atoms with Gasteiger partial charge >= 0.3 is 0 Å². The standard InChI is InChI=1S/C14H24N2O3/c1-9(2)16-11(8-15)14-12(18-4)6-10(17-3)7-13(14)19-5/h6-7,9,11,16H,8,15H2,1-5H3. The van der Waals surface area contributed by atoms with E-state index >= 15 is 0 Å². The fourth-order valence-electron chi connectivity index (χ4n) is 2.05. The summed E-state index contributed by atoms with van der Waals surface area (Å²) >= 11 is 0. The topological polar surface area (TPSA) is 65.7 Å². The molecule has 5 nitrogen and oxygen atoms in total. The van der Waals surface area contributed by atoms with Crippen LogP contribution in [0.3, 0.4) is 0 Å². The third-order valence-corrected chi connectivity index (χ3v) is 2.87. The lowest BCUT2D eigenvalue weighted by atomic mass is 10.0. The molecule has 1 aromatic rings. The highest BCUT2D eigenvalue weighted by Crippen LogP contribution is 2.38. The van der Waals surface area contributed by atoms with E-state index < -0.39 is 0 Å². The SMILES string of the molecule is COc1cc(OC)c(C(CN)NC(C)C)c(OC)c1. The molecular weight excluding hydrogens is 244 g/mol. The molecule has 1 rings (SSSR count). The predicted molar refractivity (Wildman–Crippen MR) is 76.2 cm³/mol. The molecule has 1 unspecified atom stereocenters. The Labute approximate surface area is 115 Å². The number of rotatable bonds is 7. The van der Waals surface area contributed by atoms with Crippen molar-refractivity contribution >= 4 is 0 Å². The van der Waals surface area contributed by atoms with Gasteiger partial charge in [0.25, 0.3) is 0 Å². The monoisotopic (exact) mass is 268 g/mol. The number of ether oxygens (including phenoxy) is 3. The maximum atomic E-state index is 5.87. The molecular formula is C14H24N2O3. The molecule has 0 aliphatic carbocycles. The van der Waals surface area contributed by atoms with Gasteiger partial charge in [-0.15, -0.1) is 0 Å². The van der Waals surface area contributed by atoms with Crippen molar-refractivity contribution < 1.29 is 14.2 Å². The van der Waals surface area contributed by atoms with E-state index in [1.165, 1.54) is 0 Å². The van der Waals surface area contributed by atoms with Crippen LogP contribution < -0.4 is 25.3 Å². The Kier molecular flexibility index (Phi) is 5.92. The number of benzene rings is 1. The zero-order chi connectivity index (χ0) is 14.4. The van der Waals surface area contributed by atoms with Crippen molar-refractivity contribution in [3.05, 3.63) is 17.7 Å². The van der Waals surface area contributed by atoms with Crippen LogP contribution in [0.25, 0.3) is 0 Å². The van der Waals surface area contributed by atoms with Crippen LogP contribution in [0.1, 0.15) is 25.5 Å². The highest BCUT2D eigenvalue weighted by molar-refractivity contribution is 5.52. The molecule has 0 heterocycles. The Balaban J connectivity index is 3.28. The normalized spacial score (nSPS) is 12.4. The van der Waals surface area contributed by atoms with Crippen LogP contribution in [0, 0.1) is 0 Å². The molecule has 108 valence electrons. The van der Waals surface area contributed by atoms with Crippen LogP contribution in [0.5, 0.6) is 17.2 Å². The summed E-state index contributed by atoms with van der Waals surface area (Å²) in [6.07, 6.45) is 0. The van der Waals surface area contributed by atoms with Crippen molar-refractivity contribution in [1.82, 2.24) is 5.32 Å². The van der Waals surface area contributed by atoms with Crippen molar-refractivity contribution in [1.29, 1.82) is 0 Å². The number of nitrogens with one attached hydrogen (secondary N) is 1. The molecule has 0 aliphatic rings. The van der Waals surface area contributed by atoms with Crippen LogP contribution >= 0.6 is 0 Å². The highest BCUT2D eigenvalue weighted by atomic mass is 16.5. The molecule has 0 amide bonds. The first kappa shape index (κ1) is 15.6. The Morgan fingerprint density at radius 1 is 1.05 bits per heavy atom. The van der Waals surface area contributed by atoms with Gasteiger partial charge < -0.3 is 25.3 Å². The second-order valence-electron chi connectivity index (χ2n) is 4.56. The molecule has 0 spiro atoms. The van der Waals surface area contributed by atoms with Crippen molar-refractivity contribution in [2.45, 2.75) is 25.9 Å². The second kappa shape index (κ2) is 7.21. The van der Waals surface area contributed by atoms with E-state index in [-0.39, 0.29) is 6.04 Å². The molecule has 0 saturated heterocycles. The number of hydrogen-bond donors (Lipinski definition) is 2. The molecule has 19 heavy (non-hydrogen) atoms. The Morgan fingerprint density at radius 3 is 1.89 bits per heavy atom. The maximum absolute atomic E-state index is 5.87. The predicted octanol–water partition coefficient (Wildman–Crippen LogP) is 1.71. The molecule has 0 bridgehead atoms. The lowest BCUT2D eigenvalue weighted by Crippen LogP contribution is -2.33. The van der Waals surface area contributed by atoms with E-state index in [1.54, 1.807) is 21.3 Å². The molecule has 0 aromatic heterocycles. The summed E-state index contributed by atoms with van der Waals surface area (Å²) in [7, 11) is 4.86. The third kappa shape index (κ3) is 3.75. The van der Waals surface area contributed by atoms with Crippen LogP contribution in [0.4, 0.5) is 0 Å². The summed E-state index contributed by atoms with van der Waals surface area (Å²) in [5, 5.41) is 3.41. The zero-order valence-electron chi connectivity index (χ0n) is 12.3. The molecule has 5 heteroatoms. The van der Waals surface area contributed by atoms with Gasteiger partial charge in [-0.25, -0.2) is 0 Å². The van der Waals surface area contributed by atoms with E-state index in [1.807, 2.05) is 12.1 Å². The number of methoxy groups -OCH3 is 3. The summed E-state index contributed by atoms with van der Waals surface area (Å²) in [5.41, 5.74) is 6.78. The zero-order valence-corrected chi connectivity index (χ0v) is 12.3. The van der Waals surface area contributed by atoms with Gasteiger partial charge in [0.15, 0.2) is 0 Å². The summed E-state index contributed by atoms with van der Waals surface area (Å²) < 4.78 is 16.1. The summed E-state index contributed by atoms with van der Waals surface area (Å²) in [6.45, 7) is 4.60. The quantitative estimate of drug-likeness (QED) is 0.788. The van der Waals surface area contributed by atoms with Crippen LogP contribution in [-0.4, -0.2) is 33.9 Å². The number of hydrogen-bond acceptors (Lipinski definition) is 5. The van der Waals surface area contributed by atoms with Gasteiger partial charge in [0, 0.05) is 24.7 Å². The third-order valence-electron chi connectivity index (χ3n) is 2.87. The minimum atomic E-state index is -0.0317. The smallest absolute Gasteiger partial charge is 0.131 e. The van der Waals surface area contributed by atoms with E-state index in [4.69, 9.17) is 19.9 Å². The van der Waals surface area contributed by atoms with Gasteiger partial charge in [0.1, 0.15) is 17.2 Å². The average molecular weight is 268 g/mol. The molecule has 0 fully saturated rings. The molecule has 0 saturated carbocycles. The van der Waals surface area contributed by atoms with Crippen molar-refractivity contribution in [3.8, 4) is 17.2 Å². The van der Waals surface area contributed by atoms with Crippen molar-refractivity contribution in [2.75, 3.05) is 27.9 Å². The maximum Gasteiger partial charge on any atom is 0.131 e. The average Bonchev–Trinajstić information content (AvgIpc) is 2.42. The summed E-state index contributed by atoms with van der Waals surface area (Å²) in [6, 6.07) is 3.95. The molecule has 3 N–H and O–H groups in total. The second-order valence-corrected chi connectivity index (χ2v) is 4.56. The van der Waals surface area contributed by atoms with Gasteiger partial charge in [0.05, 0.1) is 32.9 Å². The van der Waals surface area contributed by atoms with E-state index in [9.17, 15) is 0 Å². The highest BCUT2D eigenvalue weighted by Gasteiger charge is 2.21. The van der Waals surface area contributed by atoms with Crippen LogP contribution in [0.15, 0.2) is 12.1 Å². The van der Waals surface area contributed by atoms with E-state index in [2.05, 4.69) is 19.2 Å². The minimum Gasteiger partial charge on any atom is -0.496 e. The van der Waals surface area contributed by atoms with Gasteiger partial charge in [-0.1, -0.05) is 13.8 Å². The number of nitrogens with two attached hydrogens (primary N) is 1. The molecule has 1 atom stereocenters. The summed E-state index contributed by atoms with van der Waals surface area (Å²) in [4.78, 5) is 0. The lowest BCUT2D eigenvalue weighted by Gasteiger charge is -2.24. The lowest BCUT2D eigenvalue weighted by molar-refractivity contribution is 0.354. The van der Waals surface area contributed by atoms with E-state index in [0.717, 1.165) is 5.56 Å². The van der Waals surface area contributed by atoms with Crippen molar-refractivity contribution in [2.24, 2.45) is 5.73 Å². The van der Waals surface area contributed by atoms with Gasteiger partial charge in [-0.2, -0.15) is 0 Å². The van der Waals surface area contributed by atoms with Gasteiger partial charge in [0.2, 0.25) is 0 Å². The van der Waals surface area contributed by atoms with Gasteiger partial charge in [-0.05, 0) is 0 Å². The van der Waals surface area contributed by atoms with Crippen molar-refractivity contribution in [3.63, 3.8) is 0 Å². The minimum absolute atomic E-state index is 0.0317. The fraction of sp³-hybridized carbons (Fsp3) is 0.571. The molecule has 0 aliphatic heterocycles. The largest absolute Gasteiger partial charge is 0.496 e. The molecule has 1 aromatic carbocycles. The fourth-order valence-corrected chi connectivity index (χ4v) is 2.05. The Morgan fingerprint density at radius 2 is 1.58 bits per heavy atom. The van der Waals surface area contributed by atoms with Crippen LogP contribution in [0.2, 0.25) is 0 Å².